The second-order valence-corrected chi connectivity index (χ2v) is 5.00. The van der Waals surface area contributed by atoms with Crippen LogP contribution in [0.1, 0.15) is 16.1 Å². The van der Waals surface area contributed by atoms with Crippen molar-refractivity contribution in [3.63, 3.8) is 0 Å². The lowest BCUT2D eigenvalue weighted by atomic mass is 10.1. The van der Waals surface area contributed by atoms with Crippen LogP contribution in [0.15, 0.2) is 48.9 Å². The first-order valence-corrected chi connectivity index (χ1v) is 7.44. The lowest BCUT2D eigenvalue weighted by molar-refractivity contribution is -0.145. The number of nitrogens with zero attached hydrogens (tertiary/aromatic N) is 2. The van der Waals surface area contributed by atoms with Gasteiger partial charge in [0, 0.05) is 18.8 Å². The third kappa shape index (κ3) is 5.69. The number of methoxy groups -OCH3 is 1. The highest BCUT2D eigenvalue weighted by molar-refractivity contribution is 5.90. The molecule has 1 atom stereocenters. The smallest absolute Gasteiger partial charge is 0.359 e. The predicted octanol–water partition coefficient (Wildman–Crippen LogP) is 0.534. The number of hydrogen-bond acceptors (Lipinski definition) is 7. The van der Waals surface area contributed by atoms with E-state index in [4.69, 9.17) is 9.47 Å². The molecule has 130 valence electrons. The number of carbonyl (C=O) groups is 3. The van der Waals surface area contributed by atoms with E-state index in [9.17, 15) is 14.4 Å². The summed E-state index contributed by atoms with van der Waals surface area (Å²) in [6.45, 7) is -0.544. The van der Waals surface area contributed by atoms with Crippen LogP contribution in [0, 0.1) is 0 Å². The topological polar surface area (TPSA) is 107 Å². The maximum absolute atomic E-state index is 12.0. The van der Waals surface area contributed by atoms with E-state index in [1.165, 1.54) is 25.7 Å². The molecule has 1 heterocycles. The molecule has 8 nitrogen and oxygen atoms in total. The van der Waals surface area contributed by atoms with Crippen LogP contribution in [0.4, 0.5) is 0 Å². The summed E-state index contributed by atoms with van der Waals surface area (Å²) in [5.74, 6) is -1.98. The maximum atomic E-state index is 12.0. The van der Waals surface area contributed by atoms with Gasteiger partial charge in [0.25, 0.3) is 5.91 Å². The van der Waals surface area contributed by atoms with Crippen molar-refractivity contribution in [1.29, 1.82) is 0 Å². The molecule has 0 spiro atoms. The number of nitrogens with one attached hydrogen (secondary N) is 1. The molecule has 0 fully saturated rings. The van der Waals surface area contributed by atoms with Crippen molar-refractivity contribution in [1.82, 2.24) is 15.3 Å². The zero-order valence-electron chi connectivity index (χ0n) is 13.5. The molecule has 0 bridgehead atoms. The fourth-order valence-corrected chi connectivity index (χ4v) is 2.03. The Kier molecular flexibility index (Phi) is 6.58. The molecule has 0 saturated heterocycles. The summed E-state index contributed by atoms with van der Waals surface area (Å²) < 4.78 is 9.55. The Morgan fingerprint density at radius 2 is 1.92 bits per heavy atom. The number of aromatic nitrogens is 2. The summed E-state index contributed by atoms with van der Waals surface area (Å²) in [5.41, 5.74) is 0.846. The molecule has 0 aliphatic rings. The van der Waals surface area contributed by atoms with E-state index in [1.807, 2.05) is 30.3 Å². The molecular weight excluding hydrogens is 326 g/mol. The number of ether oxygens (including phenoxy) is 2. The molecule has 0 saturated carbocycles. The lowest BCUT2D eigenvalue weighted by Crippen LogP contribution is -2.44. The van der Waals surface area contributed by atoms with Crippen LogP contribution in [0.5, 0.6) is 0 Å². The zero-order valence-corrected chi connectivity index (χ0v) is 13.5. The van der Waals surface area contributed by atoms with Gasteiger partial charge in [-0.1, -0.05) is 30.3 Å². The maximum Gasteiger partial charge on any atom is 0.359 e. The quantitative estimate of drug-likeness (QED) is 0.731. The van der Waals surface area contributed by atoms with E-state index >= 15 is 0 Å². The minimum atomic E-state index is -0.880. The van der Waals surface area contributed by atoms with Crippen LogP contribution in [-0.4, -0.2) is 47.6 Å². The standard InChI is InChI=1S/C17H17N3O5/c1-24-16(22)13(9-12-5-3-2-4-6-12)20-15(21)11-25-17(23)14-10-18-7-8-19-14/h2-8,10,13H,9,11H2,1H3,(H,20,21)/t13-/m0/s1. The first-order chi connectivity index (χ1) is 12.1. The van der Waals surface area contributed by atoms with Crippen molar-refractivity contribution in [2.75, 3.05) is 13.7 Å². The zero-order chi connectivity index (χ0) is 18.1. The summed E-state index contributed by atoms with van der Waals surface area (Å²) in [7, 11) is 1.24. The van der Waals surface area contributed by atoms with Gasteiger partial charge in [0.1, 0.15) is 6.04 Å². The number of benzene rings is 1. The molecular formula is C17H17N3O5. The van der Waals surface area contributed by atoms with E-state index in [0.29, 0.717) is 0 Å². The van der Waals surface area contributed by atoms with E-state index < -0.39 is 30.5 Å². The predicted molar refractivity (Wildman–Crippen MR) is 86.4 cm³/mol. The van der Waals surface area contributed by atoms with Gasteiger partial charge in [0.15, 0.2) is 12.3 Å². The summed E-state index contributed by atoms with van der Waals surface area (Å²) in [6, 6.07) is 8.28. The van der Waals surface area contributed by atoms with Crippen molar-refractivity contribution in [3.05, 3.63) is 60.2 Å². The van der Waals surface area contributed by atoms with Gasteiger partial charge in [-0.05, 0) is 5.56 Å². The highest BCUT2D eigenvalue weighted by Gasteiger charge is 2.22. The van der Waals surface area contributed by atoms with E-state index in [0.717, 1.165) is 5.56 Å². The number of rotatable bonds is 7. The molecule has 1 aromatic carbocycles. The second kappa shape index (κ2) is 9.11. The van der Waals surface area contributed by atoms with Gasteiger partial charge in [-0.3, -0.25) is 9.78 Å². The van der Waals surface area contributed by atoms with Crippen LogP contribution >= 0.6 is 0 Å². The number of amides is 1. The minimum absolute atomic E-state index is 0.0101. The third-order valence-corrected chi connectivity index (χ3v) is 3.21. The van der Waals surface area contributed by atoms with Crippen LogP contribution in [0.3, 0.4) is 0 Å². The lowest BCUT2D eigenvalue weighted by Gasteiger charge is -2.16. The van der Waals surface area contributed by atoms with Crippen molar-refractivity contribution in [2.45, 2.75) is 12.5 Å². The molecule has 0 radical (unpaired) electrons. The first kappa shape index (κ1) is 18.1. The Balaban J connectivity index is 1.90. The number of carbonyl (C=O) groups excluding carboxylic acids is 3. The van der Waals surface area contributed by atoms with E-state index in [1.54, 1.807) is 0 Å². The molecule has 8 heteroatoms. The molecule has 1 N–H and O–H groups in total. The Hall–Kier alpha value is -3.29. The minimum Gasteiger partial charge on any atom is -0.467 e. The number of hydrogen-bond donors (Lipinski definition) is 1. The monoisotopic (exact) mass is 343 g/mol. The molecule has 2 aromatic rings. The van der Waals surface area contributed by atoms with Crippen molar-refractivity contribution < 1.29 is 23.9 Å². The van der Waals surface area contributed by atoms with Crippen molar-refractivity contribution in [3.8, 4) is 0 Å². The highest BCUT2D eigenvalue weighted by atomic mass is 16.5. The molecule has 0 aliphatic heterocycles. The summed E-state index contributed by atoms with van der Waals surface area (Å²) in [6.07, 6.45) is 4.24. The summed E-state index contributed by atoms with van der Waals surface area (Å²) in [5, 5.41) is 2.50. The SMILES string of the molecule is COC(=O)[C@H](Cc1ccccc1)NC(=O)COC(=O)c1cnccn1. The second-order valence-electron chi connectivity index (χ2n) is 5.00. The van der Waals surface area contributed by atoms with Gasteiger partial charge in [-0.25, -0.2) is 14.6 Å². The Labute approximate surface area is 144 Å². The molecule has 0 unspecified atom stereocenters. The van der Waals surface area contributed by atoms with Gasteiger partial charge in [0.2, 0.25) is 0 Å². The van der Waals surface area contributed by atoms with Crippen LogP contribution in [0.25, 0.3) is 0 Å². The van der Waals surface area contributed by atoms with Gasteiger partial charge >= 0.3 is 11.9 Å². The molecule has 2 rings (SSSR count). The molecule has 1 amide bonds. The molecule has 0 aliphatic carbocycles. The van der Waals surface area contributed by atoms with Crippen molar-refractivity contribution >= 4 is 17.8 Å². The molecule has 1 aromatic heterocycles. The van der Waals surface area contributed by atoms with E-state index in [2.05, 4.69) is 15.3 Å². The van der Waals surface area contributed by atoms with Crippen LogP contribution in [0.2, 0.25) is 0 Å². The van der Waals surface area contributed by atoms with Crippen LogP contribution < -0.4 is 5.32 Å². The summed E-state index contributed by atoms with van der Waals surface area (Å²) >= 11 is 0. The highest BCUT2D eigenvalue weighted by Crippen LogP contribution is 2.05. The van der Waals surface area contributed by atoms with Crippen LogP contribution in [-0.2, 0) is 25.5 Å². The van der Waals surface area contributed by atoms with Gasteiger partial charge in [-0.2, -0.15) is 0 Å². The normalized spacial score (nSPS) is 11.2. The molecule has 25 heavy (non-hydrogen) atoms. The van der Waals surface area contributed by atoms with E-state index in [-0.39, 0.29) is 12.1 Å². The van der Waals surface area contributed by atoms with Gasteiger partial charge in [-0.15, -0.1) is 0 Å². The first-order valence-electron chi connectivity index (χ1n) is 7.44. The largest absolute Gasteiger partial charge is 0.467 e. The fourth-order valence-electron chi connectivity index (χ4n) is 2.03. The van der Waals surface area contributed by atoms with Crippen molar-refractivity contribution in [2.24, 2.45) is 0 Å². The third-order valence-electron chi connectivity index (χ3n) is 3.21. The van der Waals surface area contributed by atoms with Gasteiger partial charge in [0.05, 0.1) is 13.3 Å². The Morgan fingerprint density at radius 1 is 1.16 bits per heavy atom. The average molecular weight is 343 g/mol. The van der Waals surface area contributed by atoms with Gasteiger partial charge < -0.3 is 14.8 Å². The number of esters is 2. The fraction of sp³-hybridized carbons (Fsp3) is 0.235. The average Bonchev–Trinajstić information content (AvgIpc) is 2.66. The summed E-state index contributed by atoms with van der Waals surface area (Å²) in [4.78, 5) is 43.0. The Bertz CT molecular complexity index is 722. The Morgan fingerprint density at radius 3 is 2.56 bits per heavy atom.